The molecule has 0 bridgehead atoms. The third-order valence-corrected chi connectivity index (χ3v) is 4.43. The molecule has 9 heteroatoms. The zero-order chi connectivity index (χ0) is 18.6. The number of benzene rings is 1. The fraction of sp³-hybridized carbons (Fsp3) is 0.389. The third-order valence-electron chi connectivity index (χ3n) is 4.43. The molecule has 0 unspecified atom stereocenters. The normalized spacial score (nSPS) is 15.3. The van der Waals surface area contributed by atoms with E-state index in [2.05, 4.69) is 15.2 Å². The topological polar surface area (TPSA) is 101 Å². The van der Waals surface area contributed by atoms with E-state index in [1.165, 1.54) is 16.9 Å². The average Bonchev–Trinajstić information content (AvgIpc) is 3.30. The predicted octanol–water partition coefficient (Wildman–Crippen LogP) is 2.38. The van der Waals surface area contributed by atoms with E-state index in [1.807, 2.05) is 0 Å². The summed E-state index contributed by atoms with van der Waals surface area (Å²) in [5.74, 6) is 0.593. The minimum atomic E-state index is -0.419. The fourth-order valence-electron chi connectivity index (χ4n) is 2.97. The maximum absolute atomic E-state index is 14.0. The maximum atomic E-state index is 14.0. The first-order valence-electron chi connectivity index (χ1n) is 8.83. The van der Waals surface area contributed by atoms with Gasteiger partial charge in [0.05, 0.1) is 30.9 Å². The zero-order valence-electron chi connectivity index (χ0n) is 14.7. The van der Waals surface area contributed by atoms with Gasteiger partial charge in [0.2, 0.25) is 11.7 Å². The number of nitrogen functional groups attached to an aromatic ring is 1. The highest BCUT2D eigenvalue weighted by molar-refractivity contribution is 5.69. The molecule has 0 saturated carbocycles. The first-order valence-corrected chi connectivity index (χ1v) is 8.83. The molecular formula is C18H20FN5O3. The van der Waals surface area contributed by atoms with Crippen molar-refractivity contribution in [3.63, 3.8) is 0 Å². The lowest BCUT2D eigenvalue weighted by molar-refractivity contribution is -0.0318. The Morgan fingerprint density at radius 3 is 2.89 bits per heavy atom. The van der Waals surface area contributed by atoms with Gasteiger partial charge in [-0.25, -0.2) is 9.07 Å². The molecular weight excluding hydrogens is 353 g/mol. The molecule has 2 N–H and O–H groups in total. The molecule has 0 radical (unpaired) electrons. The zero-order valence-corrected chi connectivity index (χ0v) is 14.7. The number of aromatic nitrogens is 4. The molecule has 0 aliphatic carbocycles. The first kappa shape index (κ1) is 17.6. The number of hydrogen-bond donors (Lipinski definition) is 1. The molecule has 3 heterocycles. The molecule has 1 aliphatic rings. The Bertz CT molecular complexity index is 904. The fourth-order valence-corrected chi connectivity index (χ4v) is 2.97. The largest absolute Gasteiger partial charge is 0.383 e. The van der Waals surface area contributed by atoms with E-state index in [0.29, 0.717) is 30.3 Å². The molecule has 1 fully saturated rings. The summed E-state index contributed by atoms with van der Waals surface area (Å²) in [7, 11) is 0. The van der Waals surface area contributed by atoms with Gasteiger partial charge in [-0.2, -0.15) is 10.1 Å². The second-order valence-electron chi connectivity index (χ2n) is 6.25. The summed E-state index contributed by atoms with van der Waals surface area (Å²) in [5.41, 5.74) is 6.86. The Morgan fingerprint density at radius 1 is 1.26 bits per heavy atom. The Kier molecular flexibility index (Phi) is 5.12. The van der Waals surface area contributed by atoms with Crippen LogP contribution in [0.5, 0.6) is 0 Å². The molecule has 1 saturated heterocycles. The SMILES string of the molecule is Nc1c(-c2noc(CCOC3CCOCC3)n2)cnn1-c1ccccc1F. The highest BCUT2D eigenvalue weighted by atomic mass is 19.1. The van der Waals surface area contributed by atoms with Crippen LogP contribution in [0.2, 0.25) is 0 Å². The third kappa shape index (κ3) is 3.83. The van der Waals surface area contributed by atoms with Crippen LogP contribution in [0.3, 0.4) is 0 Å². The summed E-state index contributed by atoms with van der Waals surface area (Å²) in [6, 6.07) is 6.26. The Balaban J connectivity index is 1.43. The van der Waals surface area contributed by atoms with E-state index in [9.17, 15) is 4.39 Å². The summed E-state index contributed by atoms with van der Waals surface area (Å²) in [4.78, 5) is 4.34. The van der Waals surface area contributed by atoms with E-state index in [4.69, 9.17) is 19.7 Å². The number of para-hydroxylation sites is 1. The molecule has 4 rings (SSSR count). The van der Waals surface area contributed by atoms with E-state index in [-0.39, 0.29) is 17.6 Å². The van der Waals surface area contributed by atoms with Gasteiger partial charge in [-0.05, 0) is 25.0 Å². The van der Waals surface area contributed by atoms with Gasteiger partial charge in [-0.1, -0.05) is 17.3 Å². The Morgan fingerprint density at radius 2 is 2.07 bits per heavy atom. The van der Waals surface area contributed by atoms with Crippen LogP contribution in [0.1, 0.15) is 18.7 Å². The van der Waals surface area contributed by atoms with Gasteiger partial charge in [-0.3, -0.25) is 0 Å². The van der Waals surface area contributed by atoms with Crippen LogP contribution < -0.4 is 5.73 Å². The lowest BCUT2D eigenvalue weighted by Gasteiger charge is -2.21. The van der Waals surface area contributed by atoms with E-state index in [0.717, 1.165) is 26.1 Å². The van der Waals surface area contributed by atoms with Crippen molar-refractivity contribution in [2.75, 3.05) is 25.6 Å². The molecule has 1 aliphatic heterocycles. The molecule has 3 aromatic rings. The quantitative estimate of drug-likeness (QED) is 0.708. The lowest BCUT2D eigenvalue weighted by atomic mass is 10.1. The molecule has 27 heavy (non-hydrogen) atoms. The van der Waals surface area contributed by atoms with Crippen molar-refractivity contribution in [1.29, 1.82) is 0 Å². The van der Waals surface area contributed by atoms with E-state index < -0.39 is 5.82 Å². The van der Waals surface area contributed by atoms with Crippen molar-refractivity contribution in [3.05, 3.63) is 42.2 Å². The van der Waals surface area contributed by atoms with Gasteiger partial charge in [0, 0.05) is 13.2 Å². The van der Waals surface area contributed by atoms with E-state index in [1.54, 1.807) is 18.2 Å². The summed E-state index contributed by atoms with van der Waals surface area (Å²) >= 11 is 0. The van der Waals surface area contributed by atoms with Gasteiger partial charge in [0.1, 0.15) is 17.3 Å². The van der Waals surface area contributed by atoms with Crippen molar-refractivity contribution in [3.8, 4) is 17.1 Å². The molecule has 0 amide bonds. The minimum Gasteiger partial charge on any atom is -0.383 e. The standard InChI is InChI=1S/C18H20FN5O3/c19-14-3-1-2-4-15(14)24-17(20)13(11-21-24)18-22-16(27-23-18)7-10-26-12-5-8-25-9-6-12/h1-4,11-12H,5-10,20H2. The van der Waals surface area contributed by atoms with Crippen LogP contribution in [0.25, 0.3) is 17.1 Å². The summed E-state index contributed by atoms with van der Waals surface area (Å²) in [6.07, 6.45) is 4.03. The molecule has 1 aromatic carbocycles. The van der Waals surface area contributed by atoms with Crippen molar-refractivity contribution >= 4 is 5.82 Å². The number of hydrogen-bond acceptors (Lipinski definition) is 7. The second-order valence-corrected chi connectivity index (χ2v) is 6.25. The monoisotopic (exact) mass is 373 g/mol. The number of nitrogens with zero attached hydrogens (tertiary/aromatic N) is 4. The van der Waals surface area contributed by atoms with Crippen molar-refractivity contribution in [2.45, 2.75) is 25.4 Å². The van der Waals surface area contributed by atoms with Crippen LogP contribution in [0.4, 0.5) is 10.2 Å². The lowest BCUT2D eigenvalue weighted by Crippen LogP contribution is -2.24. The summed E-state index contributed by atoms with van der Waals surface area (Å²) < 4.78 is 31.7. The van der Waals surface area contributed by atoms with E-state index >= 15 is 0 Å². The number of nitrogens with two attached hydrogens (primary N) is 1. The average molecular weight is 373 g/mol. The number of rotatable bonds is 6. The van der Waals surface area contributed by atoms with Gasteiger partial charge in [0.15, 0.2) is 0 Å². The minimum absolute atomic E-state index is 0.218. The van der Waals surface area contributed by atoms with Gasteiger partial charge < -0.3 is 19.7 Å². The Hall–Kier alpha value is -2.78. The van der Waals surface area contributed by atoms with Crippen molar-refractivity contribution in [2.24, 2.45) is 0 Å². The van der Waals surface area contributed by atoms with Gasteiger partial charge >= 0.3 is 0 Å². The Labute approximate surface area is 155 Å². The predicted molar refractivity (Wildman–Crippen MR) is 94.7 cm³/mol. The number of anilines is 1. The van der Waals surface area contributed by atoms with Crippen LogP contribution in [0.15, 0.2) is 35.0 Å². The van der Waals surface area contributed by atoms with Gasteiger partial charge in [0.25, 0.3) is 0 Å². The van der Waals surface area contributed by atoms with Crippen LogP contribution in [-0.4, -0.2) is 45.8 Å². The van der Waals surface area contributed by atoms with Crippen molar-refractivity contribution in [1.82, 2.24) is 19.9 Å². The van der Waals surface area contributed by atoms with Crippen LogP contribution >= 0.6 is 0 Å². The molecule has 0 atom stereocenters. The highest BCUT2D eigenvalue weighted by Gasteiger charge is 2.19. The molecule has 0 spiro atoms. The smallest absolute Gasteiger partial charge is 0.229 e. The van der Waals surface area contributed by atoms with Crippen LogP contribution in [-0.2, 0) is 15.9 Å². The van der Waals surface area contributed by atoms with Crippen molar-refractivity contribution < 1.29 is 18.4 Å². The molecule has 8 nitrogen and oxygen atoms in total. The number of ether oxygens (including phenoxy) is 2. The molecule has 2 aromatic heterocycles. The molecule has 142 valence electrons. The van der Waals surface area contributed by atoms with Crippen LogP contribution in [0, 0.1) is 5.82 Å². The first-order chi connectivity index (χ1) is 13.2. The maximum Gasteiger partial charge on any atom is 0.229 e. The number of halogens is 1. The second kappa shape index (κ2) is 7.85. The highest BCUT2D eigenvalue weighted by Crippen LogP contribution is 2.26. The summed E-state index contributed by atoms with van der Waals surface area (Å²) in [6.45, 7) is 1.97. The summed E-state index contributed by atoms with van der Waals surface area (Å²) in [5, 5.41) is 8.10. The van der Waals surface area contributed by atoms with Gasteiger partial charge in [-0.15, -0.1) is 0 Å².